The molecule has 0 aliphatic carbocycles. The number of aromatic hydroxyl groups is 1. The van der Waals surface area contributed by atoms with Crippen molar-refractivity contribution in [3.05, 3.63) is 29.6 Å². The fourth-order valence-corrected chi connectivity index (χ4v) is 1.16. The van der Waals surface area contributed by atoms with E-state index in [4.69, 9.17) is 5.73 Å². The number of halogens is 1. The average Bonchev–Trinajstić information content (AvgIpc) is 2.06. The van der Waals surface area contributed by atoms with E-state index in [1.165, 1.54) is 19.9 Å². The van der Waals surface area contributed by atoms with Crippen LogP contribution in [0.25, 0.3) is 0 Å². The molecular formula is C10H14FNO2. The van der Waals surface area contributed by atoms with Gasteiger partial charge in [0.15, 0.2) is 0 Å². The zero-order valence-electron chi connectivity index (χ0n) is 8.16. The van der Waals surface area contributed by atoms with E-state index in [1.54, 1.807) is 0 Å². The van der Waals surface area contributed by atoms with Crippen molar-refractivity contribution in [2.24, 2.45) is 5.73 Å². The van der Waals surface area contributed by atoms with Gasteiger partial charge in [-0.3, -0.25) is 0 Å². The van der Waals surface area contributed by atoms with Crippen LogP contribution in [-0.2, 0) is 0 Å². The highest BCUT2D eigenvalue weighted by molar-refractivity contribution is 5.36. The van der Waals surface area contributed by atoms with Crippen molar-refractivity contribution in [1.82, 2.24) is 0 Å². The fourth-order valence-electron chi connectivity index (χ4n) is 1.16. The average molecular weight is 199 g/mol. The van der Waals surface area contributed by atoms with Crippen molar-refractivity contribution >= 4 is 0 Å². The Hall–Kier alpha value is -1.13. The maximum Gasteiger partial charge on any atom is 0.123 e. The van der Waals surface area contributed by atoms with Gasteiger partial charge < -0.3 is 15.9 Å². The number of benzene rings is 1. The van der Waals surface area contributed by atoms with E-state index in [0.29, 0.717) is 0 Å². The minimum Gasteiger partial charge on any atom is -0.508 e. The quantitative estimate of drug-likeness (QED) is 0.672. The smallest absolute Gasteiger partial charge is 0.123 e. The van der Waals surface area contributed by atoms with E-state index in [2.05, 4.69) is 0 Å². The van der Waals surface area contributed by atoms with Crippen molar-refractivity contribution in [3.63, 3.8) is 0 Å². The Bertz CT molecular complexity index is 333. The Balaban J connectivity index is 3.12. The first-order valence-corrected chi connectivity index (χ1v) is 4.28. The molecule has 3 nitrogen and oxygen atoms in total. The van der Waals surface area contributed by atoms with Gasteiger partial charge in [0.05, 0.1) is 11.6 Å². The van der Waals surface area contributed by atoms with Gasteiger partial charge in [-0.1, -0.05) is 0 Å². The molecule has 0 unspecified atom stereocenters. The summed E-state index contributed by atoms with van der Waals surface area (Å²) in [5.74, 6) is -0.599. The highest BCUT2D eigenvalue weighted by Crippen LogP contribution is 2.30. The van der Waals surface area contributed by atoms with Crippen molar-refractivity contribution < 1.29 is 14.6 Å². The van der Waals surface area contributed by atoms with Gasteiger partial charge in [-0.05, 0) is 32.0 Å². The van der Waals surface area contributed by atoms with Crippen molar-refractivity contribution in [2.45, 2.75) is 25.5 Å². The zero-order valence-corrected chi connectivity index (χ0v) is 8.16. The molecular weight excluding hydrogens is 185 g/mol. The summed E-state index contributed by atoms with van der Waals surface area (Å²) < 4.78 is 12.8. The Morgan fingerprint density at radius 2 is 2.00 bits per heavy atom. The van der Waals surface area contributed by atoms with E-state index < -0.39 is 17.5 Å². The third kappa shape index (κ3) is 2.21. The topological polar surface area (TPSA) is 66.5 Å². The summed E-state index contributed by atoms with van der Waals surface area (Å²) >= 11 is 0. The summed E-state index contributed by atoms with van der Waals surface area (Å²) in [5, 5.41) is 19.0. The Morgan fingerprint density at radius 1 is 1.43 bits per heavy atom. The molecule has 0 radical (unpaired) electrons. The minimum absolute atomic E-state index is 0.110. The summed E-state index contributed by atoms with van der Waals surface area (Å²) in [4.78, 5) is 0. The Labute approximate surface area is 82.0 Å². The molecule has 1 aromatic rings. The first kappa shape index (κ1) is 10.9. The van der Waals surface area contributed by atoms with Crippen LogP contribution in [0.15, 0.2) is 18.2 Å². The highest BCUT2D eigenvalue weighted by Gasteiger charge is 2.26. The first-order valence-electron chi connectivity index (χ1n) is 4.28. The van der Waals surface area contributed by atoms with Crippen molar-refractivity contribution in [3.8, 4) is 5.75 Å². The van der Waals surface area contributed by atoms with Crippen LogP contribution in [0, 0.1) is 5.82 Å². The molecule has 4 heteroatoms. The molecule has 0 spiro atoms. The fraction of sp³-hybridized carbons (Fsp3) is 0.400. The predicted molar refractivity (Wildman–Crippen MR) is 51.3 cm³/mol. The van der Waals surface area contributed by atoms with Gasteiger partial charge in [-0.25, -0.2) is 4.39 Å². The zero-order chi connectivity index (χ0) is 10.9. The summed E-state index contributed by atoms with van der Waals surface area (Å²) in [6, 6.07) is 2.66. The molecule has 0 bridgehead atoms. The molecule has 1 rings (SSSR count). The molecule has 1 atom stereocenters. The second-order valence-electron chi connectivity index (χ2n) is 3.83. The highest BCUT2D eigenvalue weighted by atomic mass is 19.1. The Morgan fingerprint density at radius 3 is 2.50 bits per heavy atom. The lowest BCUT2D eigenvalue weighted by atomic mass is 9.92. The van der Waals surface area contributed by atoms with E-state index in [1.807, 2.05) is 0 Å². The molecule has 0 aliphatic rings. The lowest BCUT2D eigenvalue weighted by Crippen LogP contribution is -2.35. The third-order valence-electron chi connectivity index (χ3n) is 2.09. The lowest BCUT2D eigenvalue weighted by molar-refractivity contribution is 0.0508. The second kappa shape index (κ2) is 3.55. The summed E-state index contributed by atoms with van der Waals surface area (Å²) in [5.41, 5.74) is 4.67. The molecule has 0 aromatic heterocycles. The largest absolute Gasteiger partial charge is 0.508 e. The summed E-state index contributed by atoms with van der Waals surface area (Å²) in [6.07, 6.45) is 0. The maximum atomic E-state index is 12.8. The van der Waals surface area contributed by atoms with E-state index in [-0.39, 0.29) is 11.3 Å². The number of aliphatic hydroxyl groups is 1. The predicted octanol–water partition coefficient (Wildman–Crippen LogP) is 1.30. The summed E-state index contributed by atoms with van der Waals surface area (Å²) in [6.45, 7) is 3.00. The van der Waals surface area contributed by atoms with Crippen LogP contribution < -0.4 is 5.73 Å². The molecule has 0 saturated heterocycles. The van der Waals surface area contributed by atoms with Crippen molar-refractivity contribution in [1.29, 1.82) is 0 Å². The maximum absolute atomic E-state index is 12.8. The van der Waals surface area contributed by atoms with Crippen LogP contribution in [0.5, 0.6) is 5.75 Å². The van der Waals surface area contributed by atoms with Crippen LogP contribution in [-0.4, -0.2) is 15.8 Å². The molecule has 0 saturated carbocycles. The molecule has 1 aromatic carbocycles. The number of hydrogen-bond acceptors (Lipinski definition) is 3. The van der Waals surface area contributed by atoms with Crippen molar-refractivity contribution in [2.75, 3.05) is 0 Å². The first-order chi connectivity index (χ1) is 6.32. The van der Waals surface area contributed by atoms with Gasteiger partial charge >= 0.3 is 0 Å². The summed E-state index contributed by atoms with van der Waals surface area (Å²) in [7, 11) is 0. The Kier molecular flexibility index (Phi) is 2.78. The van der Waals surface area contributed by atoms with Crippen LogP contribution in [0.1, 0.15) is 25.5 Å². The van der Waals surface area contributed by atoms with Crippen LogP contribution in [0.3, 0.4) is 0 Å². The number of phenols is 1. The van der Waals surface area contributed by atoms with E-state index >= 15 is 0 Å². The number of hydrogen-bond donors (Lipinski definition) is 3. The molecule has 0 amide bonds. The molecule has 78 valence electrons. The SMILES string of the molecule is CC(C)(O)[C@@H](N)c1cc(F)ccc1O. The molecule has 14 heavy (non-hydrogen) atoms. The normalized spacial score (nSPS) is 14.1. The van der Waals surface area contributed by atoms with Crippen LogP contribution in [0.4, 0.5) is 4.39 Å². The van der Waals surface area contributed by atoms with Gasteiger partial charge in [0.25, 0.3) is 0 Å². The van der Waals surface area contributed by atoms with Gasteiger partial charge in [-0.2, -0.15) is 0 Å². The van der Waals surface area contributed by atoms with Gasteiger partial charge in [0.2, 0.25) is 0 Å². The number of phenolic OH excluding ortho intramolecular Hbond substituents is 1. The van der Waals surface area contributed by atoms with Crippen LogP contribution in [0.2, 0.25) is 0 Å². The molecule has 0 aliphatic heterocycles. The van der Waals surface area contributed by atoms with Gasteiger partial charge in [-0.15, -0.1) is 0 Å². The number of rotatable bonds is 2. The molecule has 4 N–H and O–H groups in total. The monoisotopic (exact) mass is 199 g/mol. The minimum atomic E-state index is -1.20. The van der Waals surface area contributed by atoms with Gasteiger partial charge in [0, 0.05) is 5.56 Å². The lowest BCUT2D eigenvalue weighted by Gasteiger charge is -2.26. The van der Waals surface area contributed by atoms with Gasteiger partial charge in [0.1, 0.15) is 11.6 Å². The van der Waals surface area contributed by atoms with Crippen LogP contribution >= 0.6 is 0 Å². The third-order valence-corrected chi connectivity index (χ3v) is 2.09. The molecule has 0 heterocycles. The second-order valence-corrected chi connectivity index (χ2v) is 3.83. The molecule has 0 fully saturated rings. The standard InChI is InChI=1S/C10H14FNO2/c1-10(2,14)9(12)7-5-6(11)3-4-8(7)13/h3-5,9,13-14H,12H2,1-2H3/t9-/m0/s1. The number of nitrogens with two attached hydrogens (primary N) is 1. The van der Waals surface area contributed by atoms with E-state index in [9.17, 15) is 14.6 Å². The van der Waals surface area contributed by atoms with E-state index in [0.717, 1.165) is 12.1 Å².